The molecule has 1 heterocycles. The highest BCUT2D eigenvalue weighted by Gasteiger charge is 2.47. The van der Waals surface area contributed by atoms with E-state index in [1.54, 1.807) is 5.56 Å². The van der Waals surface area contributed by atoms with E-state index in [-0.39, 0.29) is 5.41 Å². The van der Waals surface area contributed by atoms with Crippen LogP contribution >= 0.6 is 0 Å². The third kappa shape index (κ3) is 3.51. The van der Waals surface area contributed by atoms with Crippen LogP contribution in [0.25, 0.3) is 10.8 Å². The topological polar surface area (TPSA) is 3.24 Å². The predicted octanol–water partition coefficient (Wildman–Crippen LogP) is 6.60. The molecular weight excluding hydrogens is 350 g/mol. The van der Waals surface area contributed by atoms with Crippen LogP contribution in [0.2, 0.25) is 0 Å². The van der Waals surface area contributed by atoms with Crippen LogP contribution in [0.4, 0.5) is 0 Å². The van der Waals surface area contributed by atoms with Gasteiger partial charge in [-0.15, -0.1) is 0 Å². The van der Waals surface area contributed by atoms with Gasteiger partial charge in [0.2, 0.25) is 0 Å². The van der Waals surface area contributed by atoms with Gasteiger partial charge in [0.05, 0.1) is 0 Å². The summed E-state index contributed by atoms with van der Waals surface area (Å²) in [6, 6.07) is 27.9. The highest BCUT2D eigenvalue weighted by atomic mass is 15.2. The average Bonchev–Trinajstić information content (AvgIpc) is 3.20. The summed E-state index contributed by atoms with van der Waals surface area (Å²) < 4.78 is 0. The average molecular weight is 384 g/mol. The lowest BCUT2D eigenvalue weighted by Crippen LogP contribution is -2.51. The van der Waals surface area contributed by atoms with Crippen molar-refractivity contribution < 1.29 is 0 Å². The van der Waals surface area contributed by atoms with E-state index in [1.807, 2.05) is 0 Å². The normalized spacial score (nSPS) is 26.2. The van der Waals surface area contributed by atoms with Crippen molar-refractivity contribution in [3.63, 3.8) is 0 Å². The van der Waals surface area contributed by atoms with E-state index < -0.39 is 0 Å². The highest BCUT2D eigenvalue weighted by molar-refractivity contribution is 5.85. The second kappa shape index (κ2) is 7.95. The number of likely N-dealkylation sites (tertiary alicyclic amines) is 1. The summed E-state index contributed by atoms with van der Waals surface area (Å²) in [7, 11) is 0. The molecule has 5 rings (SSSR count). The summed E-state index contributed by atoms with van der Waals surface area (Å²) in [6.07, 6.45) is 7.85. The van der Waals surface area contributed by atoms with Crippen molar-refractivity contribution in [2.24, 2.45) is 5.92 Å². The molecule has 1 saturated heterocycles. The first kappa shape index (κ1) is 18.9. The number of benzene rings is 3. The molecule has 0 radical (unpaired) electrons. The molecular formula is C28H33N. The molecule has 150 valence electrons. The summed E-state index contributed by atoms with van der Waals surface area (Å²) in [5.74, 6) is 0.886. The molecule has 2 aliphatic rings. The van der Waals surface area contributed by atoms with Gasteiger partial charge in [-0.1, -0.05) is 86.1 Å². The number of piperidine rings is 1. The minimum Gasteiger partial charge on any atom is -0.299 e. The van der Waals surface area contributed by atoms with Crippen LogP contribution in [0.1, 0.15) is 50.2 Å². The molecule has 3 aromatic rings. The van der Waals surface area contributed by atoms with Gasteiger partial charge in [0.1, 0.15) is 0 Å². The fourth-order valence-electron chi connectivity index (χ4n) is 6.13. The van der Waals surface area contributed by atoms with Gasteiger partial charge < -0.3 is 0 Å². The monoisotopic (exact) mass is 383 g/mol. The molecule has 0 N–H and O–H groups in total. The van der Waals surface area contributed by atoms with E-state index in [0.29, 0.717) is 6.04 Å². The van der Waals surface area contributed by atoms with E-state index in [0.717, 1.165) is 12.3 Å². The Morgan fingerprint density at radius 2 is 1.55 bits per heavy atom. The van der Waals surface area contributed by atoms with Crippen LogP contribution in [-0.4, -0.2) is 24.0 Å². The Bertz CT molecular complexity index is 949. The van der Waals surface area contributed by atoms with Gasteiger partial charge in [-0.25, -0.2) is 0 Å². The summed E-state index contributed by atoms with van der Waals surface area (Å²) in [4.78, 5) is 2.85. The molecule has 1 nitrogen and oxygen atoms in total. The zero-order chi connectivity index (χ0) is 19.7. The van der Waals surface area contributed by atoms with Gasteiger partial charge in [-0.2, -0.15) is 0 Å². The second-order valence-electron chi connectivity index (χ2n) is 9.46. The maximum absolute atomic E-state index is 2.85. The maximum Gasteiger partial charge on any atom is 0.0195 e. The Balaban J connectivity index is 1.58. The summed E-state index contributed by atoms with van der Waals surface area (Å²) in [5, 5.41) is 2.80. The third-order valence-electron chi connectivity index (χ3n) is 7.73. The van der Waals surface area contributed by atoms with Crippen LogP contribution in [-0.2, 0) is 11.8 Å². The van der Waals surface area contributed by atoms with Crippen molar-refractivity contribution in [1.29, 1.82) is 0 Å². The third-order valence-corrected chi connectivity index (χ3v) is 7.73. The SMILES string of the molecule is CC1CCN(C2CCCC2(Cc2cccc3ccccc23)c2ccccc2)CC1. The van der Waals surface area contributed by atoms with Crippen molar-refractivity contribution in [2.75, 3.05) is 13.1 Å². The lowest BCUT2D eigenvalue weighted by atomic mass is 9.70. The van der Waals surface area contributed by atoms with Gasteiger partial charge in [0.25, 0.3) is 0 Å². The van der Waals surface area contributed by atoms with Crippen LogP contribution in [0.3, 0.4) is 0 Å². The minimum absolute atomic E-state index is 0.228. The van der Waals surface area contributed by atoms with E-state index >= 15 is 0 Å². The van der Waals surface area contributed by atoms with Crippen LogP contribution in [0.5, 0.6) is 0 Å². The summed E-state index contributed by atoms with van der Waals surface area (Å²) >= 11 is 0. The largest absolute Gasteiger partial charge is 0.299 e. The molecule has 0 spiro atoms. The van der Waals surface area contributed by atoms with Gasteiger partial charge in [0.15, 0.2) is 0 Å². The van der Waals surface area contributed by atoms with Crippen molar-refractivity contribution in [1.82, 2.24) is 4.90 Å². The molecule has 1 heteroatoms. The fourth-order valence-corrected chi connectivity index (χ4v) is 6.13. The van der Waals surface area contributed by atoms with Gasteiger partial charge >= 0.3 is 0 Å². The molecule has 3 aromatic carbocycles. The molecule has 0 bridgehead atoms. The number of hydrogen-bond acceptors (Lipinski definition) is 1. The molecule has 29 heavy (non-hydrogen) atoms. The van der Waals surface area contributed by atoms with E-state index in [4.69, 9.17) is 0 Å². The van der Waals surface area contributed by atoms with E-state index in [2.05, 4.69) is 84.6 Å². The quantitative estimate of drug-likeness (QED) is 0.490. The fraction of sp³-hybridized carbons (Fsp3) is 0.429. The Labute approximate surface area is 175 Å². The highest BCUT2D eigenvalue weighted by Crippen LogP contribution is 2.47. The number of hydrogen-bond donors (Lipinski definition) is 0. The van der Waals surface area contributed by atoms with Crippen molar-refractivity contribution in [3.05, 3.63) is 83.9 Å². The van der Waals surface area contributed by atoms with E-state index in [9.17, 15) is 0 Å². The van der Waals surface area contributed by atoms with Gasteiger partial charge in [-0.05, 0) is 73.0 Å². The van der Waals surface area contributed by atoms with Crippen LogP contribution < -0.4 is 0 Å². The van der Waals surface area contributed by atoms with Crippen molar-refractivity contribution in [3.8, 4) is 0 Å². The Morgan fingerprint density at radius 1 is 0.828 bits per heavy atom. The standard InChI is InChI=1S/C28H33N/c1-22-16-19-29(20-17-22)27-15-8-18-28(27,25-12-3-2-4-13-25)21-24-11-7-10-23-9-5-6-14-26(23)24/h2-7,9-14,22,27H,8,15-21H2,1H3. The Hall–Kier alpha value is -2.12. The Morgan fingerprint density at radius 3 is 2.38 bits per heavy atom. The van der Waals surface area contributed by atoms with Crippen molar-refractivity contribution in [2.45, 2.75) is 56.9 Å². The minimum atomic E-state index is 0.228. The molecule has 0 aromatic heterocycles. The maximum atomic E-state index is 2.85. The lowest BCUT2D eigenvalue weighted by Gasteiger charge is -2.45. The van der Waals surface area contributed by atoms with Crippen molar-refractivity contribution >= 4 is 10.8 Å². The Kier molecular flexibility index (Phi) is 5.18. The summed E-state index contributed by atoms with van der Waals surface area (Å²) in [6.45, 7) is 4.97. The zero-order valence-corrected chi connectivity index (χ0v) is 17.7. The predicted molar refractivity (Wildman–Crippen MR) is 123 cm³/mol. The zero-order valence-electron chi connectivity index (χ0n) is 17.7. The van der Waals surface area contributed by atoms with Gasteiger partial charge in [-0.3, -0.25) is 4.90 Å². The first-order valence-electron chi connectivity index (χ1n) is 11.5. The molecule has 1 aliphatic heterocycles. The molecule has 1 aliphatic carbocycles. The van der Waals surface area contributed by atoms with Crippen LogP contribution in [0.15, 0.2) is 72.8 Å². The summed E-state index contributed by atoms with van der Waals surface area (Å²) in [5.41, 5.74) is 3.30. The molecule has 2 fully saturated rings. The first-order valence-corrected chi connectivity index (χ1v) is 11.5. The first-order chi connectivity index (χ1) is 14.3. The second-order valence-corrected chi connectivity index (χ2v) is 9.46. The number of rotatable bonds is 4. The lowest BCUT2D eigenvalue weighted by molar-refractivity contribution is 0.0957. The van der Waals surface area contributed by atoms with Crippen LogP contribution in [0, 0.1) is 5.92 Å². The molecule has 1 saturated carbocycles. The van der Waals surface area contributed by atoms with E-state index in [1.165, 1.54) is 61.5 Å². The molecule has 2 unspecified atom stereocenters. The van der Waals surface area contributed by atoms with Gasteiger partial charge in [0, 0.05) is 11.5 Å². The molecule has 0 amide bonds. The number of fused-ring (bicyclic) bond motifs is 1. The number of nitrogens with zero attached hydrogens (tertiary/aromatic N) is 1. The smallest absolute Gasteiger partial charge is 0.0195 e. The molecule has 2 atom stereocenters.